The Morgan fingerprint density at radius 3 is 2.74 bits per heavy atom. The Labute approximate surface area is 116 Å². The Morgan fingerprint density at radius 2 is 2.16 bits per heavy atom. The van der Waals surface area contributed by atoms with Crippen molar-refractivity contribution in [3.05, 3.63) is 46.6 Å². The van der Waals surface area contributed by atoms with Crippen molar-refractivity contribution < 1.29 is 9.53 Å². The van der Waals surface area contributed by atoms with E-state index in [1.165, 1.54) is 6.26 Å². The molecule has 2 N–H and O–H groups in total. The van der Waals surface area contributed by atoms with Gasteiger partial charge >= 0.3 is 0 Å². The zero-order valence-electron chi connectivity index (χ0n) is 10.8. The third-order valence-electron chi connectivity index (χ3n) is 2.57. The van der Waals surface area contributed by atoms with Gasteiger partial charge in [0.15, 0.2) is 5.17 Å². The molecule has 0 radical (unpaired) electrons. The second-order valence-corrected chi connectivity index (χ2v) is 5.21. The lowest BCUT2D eigenvalue weighted by Crippen LogP contribution is -2.01. The number of carbonyl (C=O) groups excluding carboxylic acids is 1. The summed E-state index contributed by atoms with van der Waals surface area (Å²) < 4.78 is 5.43. The topological polar surface area (TPSA) is 64.7 Å². The quantitative estimate of drug-likeness (QED) is 0.680. The Hall–Kier alpha value is -2.01. The first-order chi connectivity index (χ1) is 9.01. The summed E-state index contributed by atoms with van der Waals surface area (Å²) in [5, 5.41) is 0.270. The van der Waals surface area contributed by atoms with E-state index in [1.807, 2.05) is 26.0 Å². The van der Waals surface area contributed by atoms with Gasteiger partial charge in [0.05, 0.1) is 11.2 Å². The molecule has 19 heavy (non-hydrogen) atoms. The molecule has 1 aliphatic rings. The lowest BCUT2D eigenvalue weighted by Gasteiger charge is -2.10. The van der Waals surface area contributed by atoms with E-state index in [0.29, 0.717) is 10.7 Å². The van der Waals surface area contributed by atoms with Crippen molar-refractivity contribution in [2.75, 3.05) is 0 Å². The molecule has 0 saturated carbocycles. The minimum absolute atomic E-state index is 0.270. The number of ether oxygens (including phenoxy) is 1. The van der Waals surface area contributed by atoms with Gasteiger partial charge in [-0.05, 0) is 43.3 Å². The summed E-state index contributed by atoms with van der Waals surface area (Å²) in [7, 11) is 0. The summed E-state index contributed by atoms with van der Waals surface area (Å²) in [6.07, 6.45) is 3.11. The molecule has 0 fully saturated rings. The number of amidine groups is 1. The molecular formula is C14H14N2O2S. The van der Waals surface area contributed by atoms with Gasteiger partial charge in [0.1, 0.15) is 5.75 Å². The number of amides is 1. The molecule has 0 aliphatic carbocycles. The van der Waals surface area contributed by atoms with Crippen LogP contribution < -0.4 is 10.5 Å². The predicted molar refractivity (Wildman–Crippen MR) is 78.9 cm³/mol. The lowest BCUT2D eigenvalue weighted by atomic mass is 10.0. The molecule has 0 saturated heterocycles. The summed E-state index contributed by atoms with van der Waals surface area (Å²) in [5.74, 6) is 0.373. The minimum atomic E-state index is -0.314. The van der Waals surface area contributed by atoms with Crippen molar-refractivity contribution in [3.8, 4) is 5.75 Å². The Morgan fingerprint density at radius 1 is 1.42 bits per heavy atom. The van der Waals surface area contributed by atoms with Crippen LogP contribution in [0.1, 0.15) is 16.7 Å². The maximum atomic E-state index is 11.6. The fourth-order valence-corrected chi connectivity index (χ4v) is 2.58. The Bertz CT molecular complexity index is 618. The van der Waals surface area contributed by atoms with Gasteiger partial charge in [0.2, 0.25) is 0 Å². The van der Waals surface area contributed by atoms with E-state index in [1.54, 1.807) is 6.08 Å². The molecule has 1 aromatic rings. The van der Waals surface area contributed by atoms with Crippen molar-refractivity contribution in [2.24, 2.45) is 10.7 Å². The molecule has 1 amide bonds. The zero-order valence-corrected chi connectivity index (χ0v) is 11.6. The SMILES string of the molecule is C=COc1c(C)cc(C)cc1C=C1SC(N)=NC1=O. The average Bonchev–Trinajstić information content (AvgIpc) is 2.62. The lowest BCUT2D eigenvalue weighted by molar-refractivity contribution is -0.113. The van der Waals surface area contributed by atoms with Gasteiger partial charge in [0.25, 0.3) is 5.91 Å². The first kappa shape index (κ1) is 13.4. The van der Waals surface area contributed by atoms with Crippen LogP contribution in [0.15, 0.2) is 34.9 Å². The molecule has 2 rings (SSSR count). The number of aryl methyl sites for hydroxylation is 2. The molecular weight excluding hydrogens is 260 g/mol. The number of hydrogen-bond acceptors (Lipinski definition) is 4. The molecule has 1 heterocycles. The third-order valence-corrected chi connectivity index (χ3v) is 3.39. The van der Waals surface area contributed by atoms with E-state index in [0.717, 1.165) is 28.5 Å². The summed E-state index contributed by atoms with van der Waals surface area (Å²) in [4.78, 5) is 15.8. The highest BCUT2D eigenvalue weighted by Gasteiger charge is 2.20. The number of aliphatic imine (C=N–C) groups is 1. The van der Waals surface area contributed by atoms with Gasteiger partial charge in [-0.1, -0.05) is 18.2 Å². The minimum Gasteiger partial charge on any atom is -0.465 e. The highest BCUT2D eigenvalue weighted by Crippen LogP contribution is 2.32. The molecule has 0 bridgehead atoms. The van der Waals surface area contributed by atoms with Crippen LogP contribution in [0.2, 0.25) is 0 Å². The molecule has 0 atom stereocenters. The fraction of sp³-hybridized carbons (Fsp3) is 0.143. The van der Waals surface area contributed by atoms with E-state index in [2.05, 4.69) is 11.6 Å². The molecule has 0 aromatic heterocycles. The second-order valence-electron chi connectivity index (χ2n) is 4.15. The van der Waals surface area contributed by atoms with Crippen LogP contribution in [-0.4, -0.2) is 11.1 Å². The van der Waals surface area contributed by atoms with Gasteiger partial charge in [-0.25, -0.2) is 0 Å². The molecule has 1 aliphatic heterocycles. The molecule has 4 nitrogen and oxygen atoms in total. The van der Waals surface area contributed by atoms with E-state index in [-0.39, 0.29) is 11.1 Å². The van der Waals surface area contributed by atoms with Crippen LogP contribution in [0.25, 0.3) is 6.08 Å². The first-order valence-corrected chi connectivity index (χ1v) is 6.49. The summed E-state index contributed by atoms with van der Waals surface area (Å²) in [6, 6.07) is 3.95. The second kappa shape index (κ2) is 5.32. The largest absolute Gasteiger partial charge is 0.465 e. The number of carbonyl (C=O) groups is 1. The summed E-state index contributed by atoms with van der Waals surface area (Å²) in [5.41, 5.74) is 8.42. The van der Waals surface area contributed by atoms with Crippen molar-refractivity contribution >= 4 is 28.9 Å². The Kier molecular flexibility index (Phi) is 3.76. The van der Waals surface area contributed by atoms with E-state index < -0.39 is 0 Å². The average molecular weight is 274 g/mol. The maximum Gasteiger partial charge on any atom is 0.286 e. The highest BCUT2D eigenvalue weighted by molar-refractivity contribution is 8.18. The fourth-order valence-electron chi connectivity index (χ4n) is 1.91. The zero-order chi connectivity index (χ0) is 14.0. The van der Waals surface area contributed by atoms with Crippen LogP contribution in [-0.2, 0) is 4.79 Å². The van der Waals surface area contributed by atoms with Gasteiger partial charge in [-0.2, -0.15) is 4.99 Å². The first-order valence-electron chi connectivity index (χ1n) is 5.68. The van der Waals surface area contributed by atoms with Crippen LogP contribution >= 0.6 is 11.8 Å². The number of nitrogens with zero attached hydrogens (tertiary/aromatic N) is 1. The third kappa shape index (κ3) is 2.88. The number of nitrogens with two attached hydrogens (primary N) is 1. The molecule has 1 aromatic carbocycles. The normalized spacial score (nSPS) is 16.6. The number of thioether (sulfide) groups is 1. The number of benzene rings is 1. The predicted octanol–water partition coefficient (Wildman–Crippen LogP) is 2.75. The van der Waals surface area contributed by atoms with Crippen molar-refractivity contribution in [1.29, 1.82) is 0 Å². The van der Waals surface area contributed by atoms with Crippen LogP contribution in [0, 0.1) is 13.8 Å². The van der Waals surface area contributed by atoms with Crippen LogP contribution in [0.4, 0.5) is 0 Å². The van der Waals surface area contributed by atoms with Crippen molar-refractivity contribution in [1.82, 2.24) is 0 Å². The molecule has 5 heteroatoms. The number of rotatable bonds is 3. The van der Waals surface area contributed by atoms with E-state index in [9.17, 15) is 4.79 Å². The monoisotopic (exact) mass is 274 g/mol. The van der Waals surface area contributed by atoms with Crippen molar-refractivity contribution in [2.45, 2.75) is 13.8 Å². The van der Waals surface area contributed by atoms with Crippen LogP contribution in [0.5, 0.6) is 5.75 Å². The standard InChI is InChI=1S/C14H14N2O2S/c1-4-18-12-9(3)5-8(2)6-10(12)7-11-13(17)16-14(15)19-11/h4-7H,1H2,2-3H3,(H2,15,16,17). The van der Waals surface area contributed by atoms with Crippen LogP contribution in [0.3, 0.4) is 0 Å². The summed E-state index contributed by atoms with van der Waals surface area (Å²) in [6.45, 7) is 7.50. The van der Waals surface area contributed by atoms with Gasteiger partial charge in [-0.15, -0.1) is 0 Å². The van der Waals surface area contributed by atoms with Crippen molar-refractivity contribution in [3.63, 3.8) is 0 Å². The van der Waals surface area contributed by atoms with E-state index in [4.69, 9.17) is 10.5 Å². The summed E-state index contributed by atoms with van der Waals surface area (Å²) >= 11 is 1.16. The van der Waals surface area contributed by atoms with Gasteiger partial charge in [-0.3, -0.25) is 4.79 Å². The molecule has 98 valence electrons. The highest BCUT2D eigenvalue weighted by atomic mass is 32.2. The molecule has 0 unspecified atom stereocenters. The molecule has 0 spiro atoms. The maximum absolute atomic E-state index is 11.6. The number of hydrogen-bond donors (Lipinski definition) is 1. The smallest absolute Gasteiger partial charge is 0.286 e. The Balaban J connectivity index is 2.48. The van der Waals surface area contributed by atoms with Gasteiger partial charge < -0.3 is 10.5 Å². The van der Waals surface area contributed by atoms with Gasteiger partial charge in [0, 0.05) is 5.56 Å². The van der Waals surface area contributed by atoms with E-state index >= 15 is 0 Å².